The van der Waals surface area contributed by atoms with Crippen molar-refractivity contribution in [3.8, 4) is 0 Å². The summed E-state index contributed by atoms with van der Waals surface area (Å²) < 4.78 is 10.5. The van der Waals surface area contributed by atoms with Crippen molar-refractivity contribution in [2.24, 2.45) is 4.99 Å². The minimum Gasteiger partial charge on any atom is -0.382 e. The van der Waals surface area contributed by atoms with Gasteiger partial charge in [-0.1, -0.05) is 19.0 Å². The van der Waals surface area contributed by atoms with Crippen molar-refractivity contribution in [3.63, 3.8) is 0 Å². The minimum absolute atomic E-state index is 0. The van der Waals surface area contributed by atoms with E-state index in [0.29, 0.717) is 18.9 Å². The van der Waals surface area contributed by atoms with E-state index >= 15 is 0 Å². The Labute approximate surface area is 156 Å². The zero-order chi connectivity index (χ0) is 16.2. The summed E-state index contributed by atoms with van der Waals surface area (Å²) >= 11 is 0. The summed E-state index contributed by atoms with van der Waals surface area (Å²) in [6, 6.07) is 0. The van der Waals surface area contributed by atoms with Crippen LogP contribution in [0.5, 0.6) is 0 Å². The lowest BCUT2D eigenvalue weighted by atomic mass is 10.2. The molecule has 0 aliphatic heterocycles. The molecule has 0 spiro atoms. The molecule has 1 heterocycles. The zero-order valence-corrected chi connectivity index (χ0v) is 16.9. The Hall–Kier alpha value is -0.900. The number of nitrogens with zero attached hydrogens (tertiary/aromatic N) is 3. The summed E-state index contributed by atoms with van der Waals surface area (Å²) in [5.74, 6) is 2.51. The van der Waals surface area contributed by atoms with E-state index in [9.17, 15) is 0 Å². The number of rotatable bonds is 10. The molecule has 0 fully saturated rings. The van der Waals surface area contributed by atoms with Crippen LogP contribution in [0.4, 0.5) is 0 Å². The van der Waals surface area contributed by atoms with Gasteiger partial charge in [-0.05, 0) is 20.3 Å². The molecule has 0 radical (unpaired) electrons. The second-order valence-electron chi connectivity index (χ2n) is 5.19. The van der Waals surface area contributed by atoms with Crippen LogP contribution in [-0.2, 0) is 11.2 Å². The van der Waals surface area contributed by atoms with E-state index in [0.717, 1.165) is 44.5 Å². The zero-order valence-electron chi connectivity index (χ0n) is 14.6. The molecule has 0 aliphatic carbocycles. The van der Waals surface area contributed by atoms with Gasteiger partial charge in [0.15, 0.2) is 11.8 Å². The topological polar surface area (TPSA) is 84.6 Å². The van der Waals surface area contributed by atoms with Crippen molar-refractivity contribution in [1.82, 2.24) is 20.8 Å². The monoisotopic (exact) mass is 439 g/mol. The minimum atomic E-state index is 0. The molecule has 2 N–H and O–H groups in total. The highest BCUT2D eigenvalue weighted by atomic mass is 127. The maximum Gasteiger partial charge on any atom is 0.228 e. The molecule has 1 aromatic rings. The van der Waals surface area contributed by atoms with Gasteiger partial charge in [0.1, 0.15) is 0 Å². The van der Waals surface area contributed by atoms with Gasteiger partial charge in [-0.25, -0.2) is 0 Å². The third-order valence-electron chi connectivity index (χ3n) is 2.90. The van der Waals surface area contributed by atoms with Crippen molar-refractivity contribution in [2.75, 3.05) is 32.8 Å². The fraction of sp³-hybridized carbons (Fsp3) is 0.800. The smallest absolute Gasteiger partial charge is 0.228 e. The molecule has 8 heteroatoms. The number of halogens is 1. The van der Waals surface area contributed by atoms with E-state index < -0.39 is 0 Å². The maximum atomic E-state index is 5.30. The summed E-state index contributed by atoms with van der Waals surface area (Å²) in [7, 11) is 0. The van der Waals surface area contributed by atoms with Crippen molar-refractivity contribution < 1.29 is 9.26 Å². The summed E-state index contributed by atoms with van der Waals surface area (Å²) in [6.45, 7) is 11.9. The second-order valence-corrected chi connectivity index (χ2v) is 5.19. The van der Waals surface area contributed by atoms with Crippen LogP contribution in [-0.4, -0.2) is 48.9 Å². The summed E-state index contributed by atoms with van der Waals surface area (Å²) in [4.78, 5) is 8.85. The third-order valence-corrected chi connectivity index (χ3v) is 2.90. The number of aliphatic imine (C=N–C) groups is 1. The Morgan fingerprint density at radius 1 is 1.30 bits per heavy atom. The van der Waals surface area contributed by atoms with Crippen LogP contribution >= 0.6 is 24.0 Å². The fourth-order valence-corrected chi connectivity index (χ4v) is 1.74. The SMILES string of the molecule is CCNC(=NCCCOCC)NCCc1nc(C(C)C)no1.I. The Morgan fingerprint density at radius 2 is 2.09 bits per heavy atom. The Bertz CT molecular complexity index is 437. The van der Waals surface area contributed by atoms with Gasteiger partial charge >= 0.3 is 0 Å². The molecular weight excluding hydrogens is 409 g/mol. The predicted octanol–water partition coefficient (Wildman–Crippen LogP) is 2.34. The average molecular weight is 439 g/mol. The van der Waals surface area contributed by atoms with Gasteiger partial charge in [0.25, 0.3) is 0 Å². The van der Waals surface area contributed by atoms with Crippen molar-refractivity contribution >= 4 is 29.9 Å². The highest BCUT2D eigenvalue weighted by molar-refractivity contribution is 14.0. The van der Waals surface area contributed by atoms with Crippen LogP contribution in [0.25, 0.3) is 0 Å². The lowest BCUT2D eigenvalue weighted by molar-refractivity contribution is 0.146. The van der Waals surface area contributed by atoms with Crippen LogP contribution in [0, 0.1) is 0 Å². The van der Waals surface area contributed by atoms with Crippen LogP contribution < -0.4 is 10.6 Å². The van der Waals surface area contributed by atoms with Crippen LogP contribution in [0.1, 0.15) is 51.7 Å². The molecule has 0 unspecified atom stereocenters. The Morgan fingerprint density at radius 3 is 2.70 bits per heavy atom. The van der Waals surface area contributed by atoms with E-state index in [1.165, 1.54) is 0 Å². The molecule has 0 saturated heterocycles. The number of hydrogen-bond acceptors (Lipinski definition) is 5. The first-order valence-corrected chi connectivity index (χ1v) is 8.09. The molecule has 0 saturated carbocycles. The molecule has 0 amide bonds. The van der Waals surface area contributed by atoms with E-state index in [1.807, 2.05) is 27.7 Å². The largest absolute Gasteiger partial charge is 0.382 e. The number of ether oxygens (including phenoxy) is 1. The second kappa shape index (κ2) is 13.5. The number of hydrogen-bond donors (Lipinski definition) is 2. The summed E-state index contributed by atoms with van der Waals surface area (Å²) in [5, 5.41) is 10.4. The van der Waals surface area contributed by atoms with Crippen molar-refractivity contribution in [2.45, 2.75) is 46.5 Å². The standard InChI is InChI=1S/C15H29N5O2.HI/c1-5-16-15(17-9-7-11-21-6-2)18-10-8-13-19-14(12(3)4)20-22-13;/h12H,5-11H2,1-4H3,(H2,16,17,18);1H. The van der Waals surface area contributed by atoms with Gasteiger partial charge in [0, 0.05) is 45.2 Å². The van der Waals surface area contributed by atoms with Crippen LogP contribution in [0.15, 0.2) is 9.52 Å². The van der Waals surface area contributed by atoms with Gasteiger partial charge < -0.3 is 19.9 Å². The van der Waals surface area contributed by atoms with Gasteiger partial charge in [-0.3, -0.25) is 4.99 Å². The summed E-state index contributed by atoms with van der Waals surface area (Å²) in [5.41, 5.74) is 0. The first-order chi connectivity index (χ1) is 10.7. The number of aromatic nitrogens is 2. The highest BCUT2D eigenvalue weighted by Crippen LogP contribution is 2.09. The number of guanidine groups is 1. The Balaban J connectivity index is 0.00000484. The molecule has 7 nitrogen and oxygen atoms in total. The van der Waals surface area contributed by atoms with Gasteiger partial charge in [-0.15, -0.1) is 24.0 Å². The molecule has 0 bridgehead atoms. The van der Waals surface area contributed by atoms with E-state index in [4.69, 9.17) is 9.26 Å². The Kier molecular flexibility index (Phi) is 13.0. The quantitative estimate of drug-likeness (QED) is 0.252. The highest BCUT2D eigenvalue weighted by Gasteiger charge is 2.09. The average Bonchev–Trinajstić information content (AvgIpc) is 2.96. The predicted molar refractivity (Wildman–Crippen MR) is 103 cm³/mol. The first kappa shape index (κ1) is 22.1. The van der Waals surface area contributed by atoms with Crippen molar-refractivity contribution in [3.05, 3.63) is 11.7 Å². The van der Waals surface area contributed by atoms with E-state index in [1.54, 1.807) is 0 Å². The van der Waals surface area contributed by atoms with E-state index in [2.05, 4.69) is 25.8 Å². The molecular formula is C15H30IN5O2. The van der Waals surface area contributed by atoms with Crippen LogP contribution in [0.2, 0.25) is 0 Å². The van der Waals surface area contributed by atoms with Gasteiger partial charge in [-0.2, -0.15) is 4.98 Å². The lowest BCUT2D eigenvalue weighted by Crippen LogP contribution is -2.38. The lowest BCUT2D eigenvalue weighted by Gasteiger charge is -2.10. The molecule has 0 aliphatic rings. The first-order valence-electron chi connectivity index (χ1n) is 8.09. The van der Waals surface area contributed by atoms with Crippen molar-refractivity contribution in [1.29, 1.82) is 0 Å². The molecule has 134 valence electrons. The molecule has 0 aromatic carbocycles. The molecule has 0 atom stereocenters. The maximum absolute atomic E-state index is 5.30. The number of nitrogens with one attached hydrogen (secondary N) is 2. The summed E-state index contributed by atoms with van der Waals surface area (Å²) in [6.07, 6.45) is 1.61. The third kappa shape index (κ3) is 9.75. The fourth-order valence-electron chi connectivity index (χ4n) is 1.74. The van der Waals surface area contributed by atoms with Gasteiger partial charge in [0.2, 0.25) is 5.89 Å². The van der Waals surface area contributed by atoms with E-state index in [-0.39, 0.29) is 29.9 Å². The molecule has 1 rings (SSSR count). The molecule has 1 aromatic heterocycles. The van der Waals surface area contributed by atoms with Crippen LogP contribution in [0.3, 0.4) is 0 Å². The normalized spacial score (nSPS) is 11.4. The van der Waals surface area contributed by atoms with Gasteiger partial charge in [0.05, 0.1) is 0 Å². The molecule has 23 heavy (non-hydrogen) atoms.